The van der Waals surface area contributed by atoms with Crippen LogP contribution in [0.4, 0.5) is 0 Å². The van der Waals surface area contributed by atoms with Gasteiger partial charge in [0, 0.05) is 17.7 Å². The van der Waals surface area contributed by atoms with E-state index < -0.39 is 0 Å². The number of nitrogens with zero attached hydrogens (tertiary/aromatic N) is 2. The Morgan fingerprint density at radius 2 is 1.50 bits per heavy atom. The van der Waals surface area contributed by atoms with Crippen molar-refractivity contribution in [3.05, 3.63) is 71.8 Å². The monoisotopic (exact) mass is 340 g/mol. The first-order chi connectivity index (χ1) is 11.7. The Kier molecular flexibility index (Phi) is 7.39. The van der Waals surface area contributed by atoms with Crippen LogP contribution in [0.5, 0.6) is 0 Å². The molecule has 2 N–H and O–H groups in total. The summed E-state index contributed by atoms with van der Waals surface area (Å²) in [5, 5.41) is 8.25. The molecule has 5 heteroatoms. The topological polar surface area (TPSA) is 39.7 Å². The van der Waals surface area contributed by atoms with E-state index in [1.807, 2.05) is 60.7 Å². The zero-order valence-electron chi connectivity index (χ0n) is 14.2. The lowest BCUT2D eigenvalue weighted by Gasteiger charge is -2.12. The maximum Gasteiger partial charge on any atom is 0.186 e. The number of benzene rings is 2. The fourth-order valence-corrected chi connectivity index (χ4v) is 2.38. The minimum absolute atomic E-state index is 0.540. The van der Waals surface area contributed by atoms with Crippen molar-refractivity contribution in [3.8, 4) is 0 Å². The highest BCUT2D eigenvalue weighted by atomic mass is 32.1. The van der Waals surface area contributed by atoms with E-state index in [9.17, 15) is 0 Å². The molecule has 4 nitrogen and oxygen atoms in total. The molecule has 0 amide bonds. The molecule has 24 heavy (non-hydrogen) atoms. The Morgan fingerprint density at radius 1 is 0.958 bits per heavy atom. The van der Waals surface area contributed by atoms with E-state index in [0.717, 1.165) is 36.3 Å². The maximum atomic E-state index is 5.31. The lowest BCUT2D eigenvalue weighted by molar-refractivity contribution is 0.400. The molecule has 0 bridgehead atoms. The first-order valence-corrected chi connectivity index (χ1v) is 8.45. The van der Waals surface area contributed by atoms with Crippen LogP contribution < -0.4 is 10.7 Å². The van der Waals surface area contributed by atoms with Gasteiger partial charge in [0.15, 0.2) is 5.11 Å². The Morgan fingerprint density at radius 3 is 2.00 bits per heavy atom. The summed E-state index contributed by atoms with van der Waals surface area (Å²) in [5.41, 5.74) is 5.93. The second kappa shape index (κ2) is 9.80. The van der Waals surface area contributed by atoms with Gasteiger partial charge in [0.05, 0.1) is 5.71 Å². The highest BCUT2D eigenvalue weighted by Gasteiger charge is 2.06. The summed E-state index contributed by atoms with van der Waals surface area (Å²) in [6.07, 6.45) is 1.03. The highest BCUT2D eigenvalue weighted by molar-refractivity contribution is 7.80. The van der Waals surface area contributed by atoms with Crippen LogP contribution in [-0.2, 0) is 0 Å². The van der Waals surface area contributed by atoms with Gasteiger partial charge in [0.1, 0.15) is 0 Å². The molecule has 2 aromatic rings. The van der Waals surface area contributed by atoms with Crippen LogP contribution in [-0.4, -0.2) is 42.9 Å². The van der Waals surface area contributed by atoms with E-state index in [2.05, 4.69) is 34.8 Å². The first kappa shape index (κ1) is 18.1. The molecule has 0 fully saturated rings. The van der Waals surface area contributed by atoms with E-state index in [1.54, 1.807) is 0 Å². The van der Waals surface area contributed by atoms with E-state index in [0.29, 0.717) is 5.11 Å². The Balaban J connectivity index is 2.02. The Hall–Kier alpha value is -2.24. The SMILES string of the molecule is CN(C)CCCNC(=S)NN=C(c1ccccc1)c1ccccc1. The molecule has 0 aromatic heterocycles. The second-order valence-corrected chi connectivity index (χ2v) is 6.13. The number of hydrogen-bond acceptors (Lipinski definition) is 3. The predicted molar refractivity (Wildman–Crippen MR) is 105 cm³/mol. The van der Waals surface area contributed by atoms with Crippen LogP contribution >= 0.6 is 12.2 Å². The van der Waals surface area contributed by atoms with E-state index >= 15 is 0 Å². The number of hydrazone groups is 1. The van der Waals surface area contributed by atoms with Crippen molar-refractivity contribution < 1.29 is 0 Å². The standard InChI is InChI=1S/C19H24N4S/c1-23(2)15-9-14-20-19(24)22-21-18(16-10-5-3-6-11-16)17-12-7-4-8-13-17/h3-8,10-13H,9,14-15H2,1-2H3,(H2,20,22,24). The van der Waals surface area contributed by atoms with E-state index in [4.69, 9.17) is 12.2 Å². The van der Waals surface area contributed by atoms with Crippen molar-refractivity contribution in [2.75, 3.05) is 27.2 Å². The van der Waals surface area contributed by atoms with Crippen LogP contribution in [0.2, 0.25) is 0 Å². The summed E-state index contributed by atoms with van der Waals surface area (Å²) < 4.78 is 0. The normalized spacial score (nSPS) is 10.3. The lowest BCUT2D eigenvalue weighted by Crippen LogP contribution is -2.34. The van der Waals surface area contributed by atoms with Crippen molar-refractivity contribution in [2.24, 2.45) is 5.10 Å². The minimum atomic E-state index is 0.540. The molecule has 0 radical (unpaired) electrons. The van der Waals surface area contributed by atoms with Gasteiger partial charge in [0.2, 0.25) is 0 Å². The van der Waals surface area contributed by atoms with Gasteiger partial charge in [-0.05, 0) is 39.3 Å². The molecular formula is C19H24N4S. The summed E-state index contributed by atoms with van der Waals surface area (Å²) in [7, 11) is 4.12. The third-order valence-corrected chi connectivity index (χ3v) is 3.67. The summed E-state index contributed by atoms with van der Waals surface area (Å²) in [6, 6.07) is 20.2. The van der Waals surface area contributed by atoms with Gasteiger partial charge in [-0.25, -0.2) is 0 Å². The fourth-order valence-electron chi connectivity index (χ4n) is 2.23. The molecule has 0 aliphatic rings. The van der Waals surface area contributed by atoms with Crippen molar-refractivity contribution in [2.45, 2.75) is 6.42 Å². The van der Waals surface area contributed by atoms with Crippen LogP contribution in [0.3, 0.4) is 0 Å². The molecule has 0 heterocycles. The summed E-state index contributed by atoms with van der Waals surface area (Å²) in [5.74, 6) is 0. The lowest BCUT2D eigenvalue weighted by atomic mass is 10.0. The van der Waals surface area contributed by atoms with Gasteiger partial charge in [-0.2, -0.15) is 5.10 Å². The molecule has 2 aromatic carbocycles. The van der Waals surface area contributed by atoms with Gasteiger partial charge in [0.25, 0.3) is 0 Å². The Bertz CT molecular complexity index is 612. The smallest absolute Gasteiger partial charge is 0.186 e. The fraction of sp³-hybridized carbons (Fsp3) is 0.263. The minimum Gasteiger partial charge on any atom is -0.361 e. The molecule has 0 aliphatic carbocycles. The number of nitrogens with one attached hydrogen (secondary N) is 2. The van der Waals surface area contributed by atoms with Crippen molar-refractivity contribution in [1.29, 1.82) is 0 Å². The number of rotatable bonds is 7. The molecule has 126 valence electrons. The van der Waals surface area contributed by atoms with Gasteiger partial charge >= 0.3 is 0 Å². The molecule has 0 saturated carbocycles. The van der Waals surface area contributed by atoms with Crippen molar-refractivity contribution in [1.82, 2.24) is 15.6 Å². The zero-order valence-corrected chi connectivity index (χ0v) is 15.0. The van der Waals surface area contributed by atoms with Crippen molar-refractivity contribution >= 4 is 23.0 Å². The maximum absolute atomic E-state index is 5.31. The average molecular weight is 340 g/mol. The molecule has 0 unspecified atom stereocenters. The molecule has 2 rings (SSSR count). The molecule has 0 aliphatic heterocycles. The zero-order chi connectivity index (χ0) is 17.2. The molecule has 0 spiro atoms. The molecule has 0 saturated heterocycles. The third-order valence-electron chi connectivity index (χ3n) is 3.43. The second-order valence-electron chi connectivity index (χ2n) is 5.72. The third kappa shape index (κ3) is 6.10. The predicted octanol–water partition coefficient (Wildman–Crippen LogP) is 2.85. The number of hydrogen-bond donors (Lipinski definition) is 2. The largest absolute Gasteiger partial charge is 0.361 e. The van der Waals surface area contributed by atoms with Crippen LogP contribution in [0, 0.1) is 0 Å². The van der Waals surface area contributed by atoms with Crippen LogP contribution in [0.15, 0.2) is 65.8 Å². The Labute approximate surface area is 149 Å². The average Bonchev–Trinajstić information content (AvgIpc) is 2.61. The molecular weight excluding hydrogens is 316 g/mol. The van der Waals surface area contributed by atoms with Gasteiger partial charge in [-0.1, -0.05) is 60.7 Å². The van der Waals surface area contributed by atoms with Gasteiger partial charge < -0.3 is 10.2 Å². The van der Waals surface area contributed by atoms with E-state index in [-0.39, 0.29) is 0 Å². The van der Waals surface area contributed by atoms with Gasteiger partial charge in [-0.15, -0.1) is 0 Å². The van der Waals surface area contributed by atoms with Crippen LogP contribution in [0.1, 0.15) is 17.5 Å². The highest BCUT2D eigenvalue weighted by Crippen LogP contribution is 2.10. The summed E-state index contributed by atoms with van der Waals surface area (Å²) in [6.45, 7) is 1.85. The van der Waals surface area contributed by atoms with Crippen molar-refractivity contribution in [3.63, 3.8) is 0 Å². The summed E-state index contributed by atoms with van der Waals surface area (Å²) in [4.78, 5) is 2.15. The quantitative estimate of drug-likeness (QED) is 0.352. The number of thiocarbonyl (C=S) groups is 1. The first-order valence-electron chi connectivity index (χ1n) is 8.04. The van der Waals surface area contributed by atoms with E-state index in [1.165, 1.54) is 0 Å². The summed E-state index contributed by atoms with van der Waals surface area (Å²) >= 11 is 5.31. The van der Waals surface area contributed by atoms with Gasteiger partial charge in [-0.3, -0.25) is 5.43 Å². The molecule has 0 atom stereocenters. The van der Waals surface area contributed by atoms with Crippen LogP contribution in [0.25, 0.3) is 0 Å².